The van der Waals surface area contributed by atoms with Gasteiger partial charge >= 0.3 is 0 Å². The van der Waals surface area contributed by atoms with Gasteiger partial charge in [0.25, 0.3) is 11.5 Å². The largest absolute Gasteiger partial charge is 0.381 e. The molecule has 0 bridgehead atoms. The summed E-state index contributed by atoms with van der Waals surface area (Å²) >= 11 is 0. The van der Waals surface area contributed by atoms with Crippen molar-refractivity contribution < 1.29 is 4.79 Å². The van der Waals surface area contributed by atoms with E-state index in [1.807, 2.05) is 18.3 Å². The maximum absolute atomic E-state index is 13.2. The van der Waals surface area contributed by atoms with Gasteiger partial charge in [0.05, 0.1) is 23.6 Å². The Morgan fingerprint density at radius 2 is 1.89 bits per heavy atom. The minimum atomic E-state index is -0.376. The van der Waals surface area contributed by atoms with E-state index in [1.54, 1.807) is 18.5 Å². The third-order valence-corrected chi connectivity index (χ3v) is 7.32. The van der Waals surface area contributed by atoms with Gasteiger partial charge in [-0.05, 0) is 50.6 Å². The van der Waals surface area contributed by atoms with Crippen molar-refractivity contribution in [2.75, 3.05) is 56.5 Å². The van der Waals surface area contributed by atoms with Crippen molar-refractivity contribution in [1.29, 1.82) is 0 Å². The quantitative estimate of drug-likeness (QED) is 0.571. The van der Waals surface area contributed by atoms with E-state index in [9.17, 15) is 9.59 Å². The summed E-state index contributed by atoms with van der Waals surface area (Å²) in [6, 6.07) is 5.86. The third kappa shape index (κ3) is 5.62. The fourth-order valence-corrected chi connectivity index (χ4v) is 5.12. The molecule has 0 spiro atoms. The summed E-state index contributed by atoms with van der Waals surface area (Å²) in [6.45, 7) is 5.92. The van der Waals surface area contributed by atoms with Crippen LogP contribution in [0.5, 0.6) is 0 Å². The number of hydrogen-bond donors (Lipinski definition) is 3. The Balaban J connectivity index is 1.18. The van der Waals surface area contributed by atoms with Gasteiger partial charge in [-0.3, -0.25) is 14.6 Å². The molecule has 1 atom stereocenters. The van der Waals surface area contributed by atoms with E-state index in [4.69, 9.17) is 0 Å². The summed E-state index contributed by atoms with van der Waals surface area (Å²) in [5.74, 6) is -0.349. The van der Waals surface area contributed by atoms with Gasteiger partial charge < -0.3 is 30.3 Å². The second-order valence-corrected chi connectivity index (χ2v) is 9.81. The predicted octanol–water partition coefficient (Wildman–Crippen LogP) is 2.04. The number of likely N-dealkylation sites (N-methyl/N-ethyl adjacent to an activating group) is 1. The molecule has 1 unspecified atom stereocenters. The molecule has 2 aromatic rings. The van der Waals surface area contributed by atoms with E-state index < -0.39 is 0 Å². The molecule has 3 aliphatic rings. The molecule has 1 amide bonds. The Kier molecular flexibility index (Phi) is 7.36. The number of aromatic amines is 1. The second-order valence-electron chi connectivity index (χ2n) is 9.81. The Morgan fingerprint density at radius 3 is 2.58 bits per heavy atom. The lowest BCUT2D eigenvalue weighted by atomic mass is 10.0. The normalized spacial score (nSPS) is 21.2. The zero-order chi connectivity index (χ0) is 24.9. The highest BCUT2D eigenvalue weighted by atomic mass is 16.2. The minimum absolute atomic E-state index is 0.135. The van der Waals surface area contributed by atoms with Crippen LogP contribution in [0, 0.1) is 0 Å². The Bertz CT molecular complexity index is 1160. The first kappa shape index (κ1) is 24.1. The fraction of sp³-hybridized carbons (Fsp3) is 0.444. The van der Waals surface area contributed by atoms with Crippen LogP contribution in [0.25, 0.3) is 0 Å². The van der Waals surface area contributed by atoms with Crippen LogP contribution < -0.4 is 21.1 Å². The van der Waals surface area contributed by atoms with Gasteiger partial charge in [-0.2, -0.15) is 0 Å². The van der Waals surface area contributed by atoms with Gasteiger partial charge in [0.2, 0.25) is 0 Å². The Hall–Kier alpha value is -3.59. The Morgan fingerprint density at radius 1 is 1.08 bits per heavy atom. The first-order valence-electron chi connectivity index (χ1n) is 12.8. The van der Waals surface area contributed by atoms with Crippen molar-refractivity contribution in [3.63, 3.8) is 0 Å². The standard InChI is InChI=1S/C27H35N7O2/c1-32-15-17-34(18-16-32)22-6-4-20(5-7-22)31-27(36)25-24(8-12-29-26(25)35)30-21-9-13-33(14-10-21)23-3-2-11-28-19-23/h2-4,6-8,11-12,19-21H,5,9-10,13-18H2,1H3,(H,31,36)(H2,29,30,35). The van der Waals surface area contributed by atoms with Crippen molar-refractivity contribution in [3.8, 4) is 0 Å². The molecular formula is C27H35N7O2. The minimum Gasteiger partial charge on any atom is -0.381 e. The molecule has 2 saturated heterocycles. The van der Waals surface area contributed by atoms with Gasteiger partial charge in [-0.15, -0.1) is 0 Å². The summed E-state index contributed by atoms with van der Waals surface area (Å²) in [7, 11) is 2.15. The van der Waals surface area contributed by atoms with Crippen LogP contribution in [-0.2, 0) is 0 Å². The van der Waals surface area contributed by atoms with Crippen molar-refractivity contribution >= 4 is 17.3 Å². The van der Waals surface area contributed by atoms with E-state index in [0.717, 1.165) is 57.8 Å². The molecule has 0 saturated carbocycles. The second kappa shape index (κ2) is 11.0. The summed E-state index contributed by atoms with van der Waals surface area (Å²) in [4.78, 5) is 39.8. The first-order chi connectivity index (χ1) is 17.6. The number of carbonyl (C=O) groups is 1. The van der Waals surface area contributed by atoms with Gasteiger partial charge in [0, 0.05) is 63.4 Å². The molecule has 0 radical (unpaired) electrons. The maximum atomic E-state index is 13.2. The number of piperidine rings is 1. The van der Waals surface area contributed by atoms with E-state index in [1.165, 1.54) is 5.70 Å². The number of rotatable bonds is 6. The van der Waals surface area contributed by atoms with Gasteiger partial charge in [-0.25, -0.2) is 0 Å². The number of anilines is 2. The number of aromatic nitrogens is 2. The molecule has 2 aromatic heterocycles. The van der Waals surface area contributed by atoms with Crippen LogP contribution in [0.4, 0.5) is 11.4 Å². The molecule has 4 heterocycles. The molecular weight excluding hydrogens is 454 g/mol. The SMILES string of the molecule is CN1CCN(C2=CCC(NC(=O)c3c(NC4CCN(c5cccnc5)CC4)cc[nH]c3=O)C=C2)CC1. The van der Waals surface area contributed by atoms with Crippen molar-refractivity contribution in [2.24, 2.45) is 0 Å². The summed E-state index contributed by atoms with van der Waals surface area (Å²) in [5.41, 5.74) is 2.70. The van der Waals surface area contributed by atoms with Crippen LogP contribution in [0.1, 0.15) is 29.6 Å². The molecule has 3 N–H and O–H groups in total. The van der Waals surface area contributed by atoms with E-state index in [0.29, 0.717) is 12.1 Å². The number of carbonyl (C=O) groups excluding carboxylic acids is 1. The lowest BCUT2D eigenvalue weighted by Gasteiger charge is -2.36. The number of amides is 1. The van der Waals surface area contributed by atoms with E-state index >= 15 is 0 Å². The highest BCUT2D eigenvalue weighted by molar-refractivity contribution is 5.99. The van der Waals surface area contributed by atoms with Crippen molar-refractivity contribution in [1.82, 2.24) is 25.1 Å². The highest BCUT2D eigenvalue weighted by Crippen LogP contribution is 2.23. The monoisotopic (exact) mass is 489 g/mol. The number of pyridine rings is 2. The first-order valence-corrected chi connectivity index (χ1v) is 12.8. The zero-order valence-corrected chi connectivity index (χ0v) is 20.8. The Labute approximate surface area is 211 Å². The van der Waals surface area contributed by atoms with Gasteiger partial charge in [0.15, 0.2) is 0 Å². The summed E-state index contributed by atoms with van der Waals surface area (Å²) in [5, 5.41) is 6.51. The topological polar surface area (TPSA) is 96.6 Å². The molecule has 0 aromatic carbocycles. The number of hydrogen-bond acceptors (Lipinski definition) is 7. The van der Waals surface area contributed by atoms with Crippen LogP contribution in [0.15, 0.2) is 65.5 Å². The van der Waals surface area contributed by atoms with Gasteiger partial charge in [-0.1, -0.05) is 12.2 Å². The number of piperazine rings is 1. The van der Waals surface area contributed by atoms with Gasteiger partial charge in [0.1, 0.15) is 5.56 Å². The lowest BCUT2D eigenvalue weighted by Crippen LogP contribution is -2.44. The van der Waals surface area contributed by atoms with E-state index in [2.05, 4.69) is 60.6 Å². The van der Waals surface area contributed by atoms with Crippen molar-refractivity contribution in [2.45, 2.75) is 31.3 Å². The molecule has 36 heavy (non-hydrogen) atoms. The predicted molar refractivity (Wildman–Crippen MR) is 142 cm³/mol. The van der Waals surface area contributed by atoms with Crippen LogP contribution >= 0.6 is 0 Å². The molecule has 9 nitrogen and oxygen atoms in total. The van der Waals surface area contributed by atoms with Crippen LogP contribution in [0.3, 0.4) is 0 Å². The number of nitrogens with one attached hydrogen (secondary N) is 3. The molecule has 5 rings (SSSR count). The lowest BCUT2D eigenvalue weighted by molar-refractivity contribution is 0.0943. The zero-order valence-electron chi connectivity index (χ0n) is 20.8. The maximum Gasteiger partial charge on any atom is 0.262 e. The van der Waals surface area contributed by atoms with E-state index in [-0.39, 0.29) is 29.1 Å². The molecule has 2 fully saturated rings. The highest BCUT2D eigenvalue weighted by Gasteiger charge is 2.24. The number of H-pyrrole nitrogens is 1. The number of allylic oxidation sites excluding steroid dienone is 1. The van der Waals surface area contributed by atoms with Crippen molar-refractivity contribution in [3.05, 3.63) is 76.6 Å². The molecule has 190 valence electrons. The van der Waals surface area contributed by atoms with Crippen LogP contribution in [0.2, 0.25) is 0 Å². The molecule has 9 heteroatoms. The molecule has 1 aliphatic carbocycles. The summed E-state index contributed by atoms with van der Waals surface area (Å²) in [6.07, 6.45) is 14.1. The third-order valence-electron chi connectivity index (χ3n) is 7.32. The average Bonchev–Trinajstić information content (AvgIpc) is 2.91. The van der Waals surface area contributed by atoms with Crippen LogP contribution in [-0.4, -0.2) is 84.1 Å². The average molecular weight is 490 g/mol. The number of nitrogens with zero attached hydrogens (tertiary/aromatic N) is 4. The molecule has 2 aliphatic heterocycles. The smallest absolute Gasteiger partial charge is 0.262 e. The summed E-state index contributed by atoms with van der Waals surface area (Å²) < 4.78 is 0. The fourth-order valence-electron chi connectivity index (χ4n) is 5.12.